The van der Waals surface area contributed by atoms with Gasteiger partial charge in [-0.15, -0.1) is 0 Å². The second-order valence-corrected chi connectivity index (χ2v) is 6.96. The molecule has 1 saturated heterocycles. The molecule has 0 spiro atoms. The Morgan fingerprint density at radius 1 is 1.11 bits per heavy atom. The summed E-state index contributed by atoms with van der Waals surface area (Å²) in [6.07, 6.45) is 3.06. The van der Waals surface area contributed by atoms with Crippen molar-refractivity contribution in [2.45, 2.75) is 25.4 Å². The van der Waals surface area contributed by atoms with Crippen LogP contribution in [-0.2, 0) is 11.2 Å². The molecule has 3 aromatic rings. The number of amides is 1. The van der Waals surface area contributed by atoms with Gasteiger partial charge in [-0.25, -0.2) is 4.79 Å². The Kier molecular flexibility index (Phi) is 5.07. The van der Waals surface area contributed by atoms with E-state index in [4.69, 9.17) is 4.74 Å². The van der Waals surface area contributed by atoms with Crippen LogP contribution >= 0.6 is 0 Å². The molecule has 27 heavy (non-hydrogen) atoms. The molecule has 140 valence electrons. The summed E-state index contributed by atoms with van der Waals surface area (Å²) in [5.41, 5.74) is 3.01. The molecular formula is C21H23N3O3. The van der Waals surface area contributed by atoms with Gasteiger partial charge in [0.05, 0.1) is 23.7 Å². The number of rotatable bonds is 5. The zero-order valence-electron chi connectivity index (χ0n) is 15.1. The number of H-pyrrole nitrogens is 2. The fourth-order valence-electron chi connectivity index (χ4n) is 3.61. The topological polar surface area (TPSA) is 78.2 Å². The molecule has 2 aromatic carbocycles. The van der Waals surface area contributed by atoms with E-state index in [-0.39, 0.29) is 17.7 Å². The van der Waals surface area contributed by atoms with E-state index in [9.17, 15) is 9.59 Å². The lowest BCUT2D eigenvalue weighted by Gasteiger charge is -2.33. The molecule has 6 heteroatoms. The Hall–Kier alpha value is -2.86. The Bertz CT molecular complexity index is 977. The van der Waals surface area contributed by atoms with Gasteiger partial charge in [-0.1, -0.05) is 30.3 Å². The maximum atomic E-state index is 12.9. The summed E-state index contributed by atoms with van der Waals surface area (Å²) in [6.45, 7) is 1.76. The van der Waals surface area contributed by atoms with Crippen LogP contribution in [0.1, 0.15) is 28.8 Å². The van der Waals surface area contributed by atoms with E-state index in [0.29, 0.717) is 36.3 Å². The van der Waals surface area contributed by atoms with Crippen LogP contribution in [0.3, 0.4) is 0 Å². The van der Waals surface area contributed by atoms with Crippen molar-refractivity contribution in [1.82, 2.24) is 14.9 Å². The fraction of sp³-hybridized carbons (Fsp3) is 0.333. The highest BCUT2D eigenvalue weighted by atomic mass is 16.5. The number of nitrogens with zero attached hydrogens (tertiary/aromatic N) is 1. The number of carbonyl (C=O) groups excluding carboxylic acids is 1. The van der Waals surface area contributed by atoms with Crippen LogP contribution in [0.2, 0.25) is 0 Å². The number of carbonyl (C=O) groups is 1. The maximum Gasteiger partial charge on any atom is 0.323 e. The smallest absolute Gasteiger partial charge is 0.323 e. The molecule has 1 unspecified atom stereocenters. The van der Waals surface area contributed by atoms with Crippen LogP contribution < -0.4 is 5.69 Å². The molecule has 4 rings (SSSR count). The molecule has 0 bridgehead atoms. The number of fused-ring (bicyclic) bond motifs is 1. The van der Waals surface area contributed by atoms with Gasteiger partial charge >= 0.3 is 5.69 Å². The normalized spacial score (nSPS) is 17.3. The number of ether oxygens (including phenoxy) is 1. The first-order valence-corrected chi connectivity index (χ1v) is 9.36. The number of hydrogen-bond acceptors (Lipinski definition) is 3. The molecule has 1 atom stereocenters. The minimum absolute atomic E-state index is 0.0182. The van der Waals surface area contributed by atoms with Crippen LogP contribution in [0.5, 0.6) is 0 Å². The van der Waals surface area contributed by atoms with Gasteiger partial charge in [-0.2, -0.15) is 0 Å². The summed E-state index contributed by atoms with van der Waals surface area (Å²) in [5.74, 6) is -0.0182. The van der Waals surface area contributed by atoms with Crippen molar-refractivity contribution in [3.8, 4) is 0 Å². The SMILES string of the molecule is O=C(c1ccc2[nH]c(=O)[nH]c2c1)N1CCOC(CCCc2ccccc2)C1. The van der Waals surface area contributed by atoms with Crippen molar-refractivity contribution in [2.24, 2.45) is 0 Å². The summed E-state index contributed by atoms with van der Waals surface area (Å²) < 4.78 is 5.86. The zero-order chi connectivity index (χ0) is 18.6. The molecule has 2 N–H and O–H groups in total. The predicted octanol–water partition coefficient (Wildman–Crippen LogP) is 2.72. The summed E-state index contributed by atoms with van der Waals surface area (Å²) in [6, 6.07) is 15.7. The Labute approximate surface area is 157 Å². The largest absolute Gasteiger partial charge is 0.375 e. The summed E-state index contributed by atoms with van der Waals surface area (Å²) in [4.78, 5) is 31.5. The van der Waals surface area contributed by atoms with Crippen LogP contribution in [-0.4, -0.2) is 46.6 Å². The summed E-state index contributed by atoms with van der Waals surface area (Å²) in [5, 5.41) is 0. The minimum atomic E-state index is -0.264. The van der Waals surface area contributed by atoms with Gasteiger partial charge in [0.25, 0.3) is 5.91 Å². The number of morpholine rings is 1. The van der Waals surface area contributed by atoms with E-state index >= 15 is 0 Å². The van der Waals surface area contributed by atoms with Gasteiger partial charge in [-0.05, 0) is 43.0 Å². The second kappa shape index (κ2) is 7.80. The fourth-order valence-corrected chi connectivity index (χ4v) is 3.61. The lowest BCUT2D eigenvalue weighted by Crippen LogP contribution is -2.45. The Morgan fingerprint density at radius 3 is 2.78 bits per heavy atom. The van der Waals surface area contributed by atoms with Gasteiger partial charge in [-0.3, -0.25) is 4.79 Å². The first-order valence-electron chi connectivity index (χ1n) is 9.36. The second-order valence-electron chi connectivity index (χ2n) is 6.96. The Balaban J connectivity index is 1.36. The third-order valence-electron chi connectivity index (χ3n) is 5.02. The van der Waals surface area contributed by atoms with Crippen molar-refractivity contribution in [3.05, 3.63) is 70.1 Å². The molecule has 1 fully saturated rings. The van der Waals surface area contributed by atoms with Crippen LogP contribution in [0, 0.1) is 0 Å². The number of imidazole rings is 1. The van der Waals surface area contributed by atoms with Crippen molar-refractivity contribution in [3.63, 3.8) is 0 Å². The highest BCUT2D eigenvalue weighted by Gasteiger charge is 2.25. The van der Waals surface area contributed by atoms with Crippen molar-refractivity contribution in [2.75, 3.05) is 19.7 Å². The number of aromatic nitrogens is 2. The molecule has 1 aliphatic heterocycles. The number of nitrogens with one attached hydrogen (secondary N) is 2. The van der Waals surface area contributed by atoms with Gasteiger partial charge in [0, 0.05) is 18.7 Å². The molecule has 1 aliphatic rings. The van der Waals surface area contributed by atoms with E-state index < -0.39 is 0 Å². The van der Waals surface area contributed by atoms with E-state index in [0.717, 1.165) is 19.3 Å². The summed E-state index contributed by atoms with van der Waals surface area (Å²) in [7, 11) is 0. The highest BCUT2D eigenvalue weighted by molar-refractivity contribution is 5.97. The molecule has 0 saturated carbocycles. The van der Waals surface area contributed by atoms with Crippen molar-refractivity contribution < 1.29 is 9.53 Å². The minimum Gasteiger partial charge on any atom is -0.375 e. The summed E-state index contributed by atoms with van der Waals surface area (Å²) >= 11 is 0. The number of aryl methyl sites for hydroxylation is 1. The van der Waals surface area contributed by atoms with Gasteiger partial charge in [0.15, 0.2) is 0 Å². The first-order chi connectivity index (χ1) is 13.2. The van der Waals surface area contributed by atoms with Crippen LogP contribution in [0.15, 0.2) is 53.3 Å². The Morgan fingerprint density at radius 2 is 1.93 bits per heavy atom. The van der Waals surface area contributed by atoms with E-state index in [1.54, 1.807) is 18.2 Å². The zero-order valence-corrected chi connectivity index (χ0v) is 15.1. The molecular weight excluding hydrogens is 342 g/mol. The van der Waals surface area contributed by atoms with Crippen LogP contribution in [0.4, 0.5) is 0 Å². The monoisotopic (exact) mass is 365 g/mol. The number of benzene rings is 2. The maximum absolute atomic E-state index is 12.9. The standard InChI is InChI=1S/C21H23N3O3/c25-20(16-9-10-18-19(13-16)23-21(26)22-18)24-11-12-27-17(14-24)8-4-7-15-5-2-1-3-6-15/h1-3,5-6,9-10,13,17H,4,7-8,11-12,14H2,(H2,22,23,26). The van der Waals surface area contributed by atoms with Crippen molar-refractivity contribution in [1.29, 1.82) is 0 Å². The number of aromatic amines is 2. The van der Waals surface area contributed by atoms with Crippen molar-refractivity contribution >= 4 is 16.9 Å². The lowest BCUT2D eigenvalue weighted by molar-refractivity contribution is -0.0254. The van der Waals surface area contributed by atoms with E-state index in [2.05, 4.69) is 34.2 Å². The molecule has 1 amide bonds. The lowest BCUT2D eigenvalue weighted by atomic mass is 10.0. The molecule has 1 aromatic heterocycles. The highest BCUT2D eigenvalue weighted by Crippen LogP contribution is 2.17. The molecule has 0 aliphatic carbocycles. The van der Waals surface area contributed by atoms with Gasteiger partial charge < -0.3 is 19.6 Å². The third-order valence-corrected chi connectivity index (χ3v) is 5.02. The van der Waals surface area contributed by atoms with E-state index in [1.165, 1.54) is 5.56 Å². The average molecular weight is 365 g/mol. The third kappa shape index (κ3) is 4.11. The molecule has 0 radical (unpaired) electrons. The average Bonchev–Trinajstić information content (AvgIpc) is 3.07. The molecule has 6 nitrogen and oxygen atoms in total. The number of hydrogen-bond donors (Lipinski definition) is 2. The van der Waals surface area contributed by atoms with E-state index in [1.807, 2.05) is 11.0 Å². The van der Waals surface area contributed by atoms with Gasteiger partial charge in [0.2, 0.25) is 0 Å². The van der Waals surface area contributed by atoms with Gasteiger partial charge in [0.1, 0.15) is 0 Å². The first kappa shape index (κ1) is 17.5. The molecule has 2 heterocycles. The quantitative estimate of drug-likeness (QED) is 0.730. The van der Waals surface area contributed by atoms with Crippen LogP contribution in [0.25, 0.3) is 11.0 Å². The predicted molar refractivity (Wildman–Crippen MR) is 104 cm³/mol.